The van der Waals surface area contributed by atoms with Gasteiger partial charge in [0.25, 0.3) is 0 Å². The SMILES string of the molecule is c1ccc([Si](c2ccccc2)(c2cccc(-c3ccc4nc5n(c4c3)-c3ccccc3SC5)c2)c2cccc(-n3c4ccc(-n5c6ccccc6c6ccccc65)cc4c4cc(-n5c6ccccc6c6ccccc65)ccc43)c2)cc1. The second-order valence-corrected chi connectivity index (χ2v) is 26.2. The van der Waals surface area contributed by atoms with Crippen LogP contribution >= 0.6 is 11.8 Å². The van der Waals surface area contributed by atoms with Crippen molar-refractivity contribution in [2.75, 3.05) is 0 Å². The molecular formula is C74H49N5SSi. The first-order chi connectivity index (χ1) is 40.2. The van der Waals surface area contributed by atoms with E-state index in [-0.39, 0.29) is 0 Å². The van der Waals surface area contributed by atoms with Crippen LogP contribution in [-0.2, 0) is 5.75 Å². The highest BCUT2D eigenvalue weighted by Gasteiger charge is 2.42. The molecule has 0 fully saturated rings. The predicted octanol–water partition coefficient (Wildman–Crippen LogP) is 16.0. The molecule has 5 nitrogen and oxygen atoms in total. The molecule has 4 aromatic heterocycles. The summed E-state index contributed by atoms with van der Waals surface area (Å²) >= 11 is 1.86. The zero-order valence-corrected chi connectivity index (χ0v) is 45.8. The number of thioether (sulfide) groups is 1. The van der Waals surface area contributed by atoms with Gasteiger partial charge in [0.1, 0.15) is 5.82 Å². The quantitative estimate of drug-likeness (QED) is 0.112. The third-order valence-corrected chi connectivity index (χ3v) is 23.0. The van der Waals surface area contributed by atoms with E-state index in [1.165, 1.54) is 96.8 Å². The van der Waals surface area contributed by atoms with Gasteiger partial charge in [0, 0.05) is 54.3 Å². The van der Waals surface area contributed by atoms with Gasteiger partial charge in [-0.3, -0.25) is 4.57 Å². The van der Waals surface area contributed by atoms with Gasteiger partial charge in [-0.2, -0.15) is 0 Å². The number of imidazole rings is 1. The van der Waals surface area contributed by atoms with Crippen LogP contribution in [0.4, 0.5) is 0 Å². The second-order valence-electron chi connectivity index (χ2n) is 21.4. The van der Waals surface area contributed by atoms with Crippen LogP contribution in [0.5, 0.6) is 0 Å². The summed E-state index contributed by atoms with van der Waals surface area (Å²) in [6.45, 7) is 0. The molecule has 0 atom stereocenters. The molecule has 380 valence electrons. The van der Waals surface area contributed by atoms with Gasteiger partial charge in [0.15, 0.2) is 8.07 Å². The third-order valence-electron chi connectivity index (χ3n) is 17.2. The molecule has 1 aliphatic heterocycles. The summed E-state index contributed by atoms with van der Waals surface area (Å²) in [5, 5.41) is 12.7. The van der Waals surface area contributed by atoms with Crippen molar-refractivity contribution in [2.45, 2.75) is 10.6 Å². The summed E-state index contributed by atoms with van der Waals surface area (Å²) < 4.78 is 9.78. The molecule has 5 heterocycles. The lowest BCUT2D eigenvalue weighted by Crippen LogP contribution is -2.74. The summed E-state index contributed by atoms with van der Waals surface area (Å²) in [6, 6.07) is 107. The molecule has 0 spiro atoms. The lowest BCUT2D eigenvalue weighted by molar-refractivity contribution is 0.945. The Labute approximate surface area is 472 Å². The molecule has 0 N–H and O–H groups in total. The Balaban J connectivity index is 0.897. The smallest absolute Gasteiger partial charge is 0.179 e. The largest absolute Gasteiger partial charge is 0.309 e. The molecule has 12 aromatic carbocycles. The number of rotatable bonds is 8. The number of aromatic nitrogens is 5. The molecule has 0 saturated carbocycles. The lowest BCUT2D eigenvalue weighted by Gasteiger charge is -2.35. The first-order valence-corrected chi connectivity index (χ1v) is 30.8. The van der Waals surface area contributed by atoms with E-state index in [4.69, 9.17) is 4.98 Å². The van der Waals surface area contributed by atoms with Crippen LogP contribution in [-0.4, -0.2) is 31.3 Å². The molecule has 0 amide bonds. The Hall–Kier alpha value is -9.92. The number of para-hydroxylation sites is 5. The summed E-state index contributed by atoms with van der Waals surface area (Å²) in [5.74, 6) is 1.94. The molecule has 81 heavy (non-hydrogen) atoms. The van der Waals surface area contributed by atoms with Gasteiger partial charge in [0.05, 0.1) is 55.6 Å². The maximum atomic E-state index is 5.15. The van der Waals surface area contributed by atoms with Crippen molar-refractivity contribution in [3.63, 3.8) is 0 Å². The Bertz CT molecular complexity index is 4880. The first kappa shape index (κ1) is 46.0. The van der Waals surface area contributed by atoms with Crippen molar-refractivity contribution >= 4 is 117 Å². The topological polar surface area (TPSA) is 32.6 Å². The lowest BCUT2D eigenvalue weighted by atomic mass is 10.1. The molecule has 0 radical (unpaired) electrons. The molecular weight excluding hydrogens is 1020 g/mol. The minimum Gasteiger partial charge on any atom is -0.309 e. The van der Waals surface area contributed by atoms with Crippen LogP contribution in [0.2, 0.25) is 0 Å². The fourth-order valence-electron chi connectivity index (χ4n) is 13.7. The van der Waals surface area contributed by atoms with E-state index in [1.807, 2.05) is 11.8 Å². The highest BCUT2D eigenvalue weighted by atomic mass is 32.2. The van der Waals surface area contributed by atoms with Crippen molar-refractivity contribution in [3.05, 3.63) is 291 Å². The van der Waals surface area contributed by atoms with Crippen molar-refractivity contribution in [2.24, 2.45) is 0 Å². The van der Waals surface area contributed by atoms with E-state index in [9.17, 15) is 0 Å². The van der Waals surface area contributed by atoms with Crippen LogP contribution in [0.1, 0.15) is 5.82 Å². The van der Waals surface area contributed by atoms with Gasteiger partial charge in [-0.15, -0.1) is 11.8 Å². The fraction of sp³-hybridized carbons (Fsp3) is 0.0135. The Morgan fingerprint density at radius 1 is 0.296 bits per heavy atom. The van der Waals surface area contributed by atoms with Gasteiger partial charge in [-0.1, -0.05) is 188 Å². The normalized spacial score (nSPS) is 12.6. The maximum Gasteiger partial charge on any atom is 0.179 e. The number of hydrogen-bond donors (Lipinski definition) is 0. The van der Waals surface area contributed by atoms with E-state index in [0.717, 1.165) is 50.7 Å². The highest BCUT2D eigenvalue weighted by Crippen LogP contribution is 2.41. The first-order valence-electron chi connectivity index (χ1n) is 27.8. The predicted molar refractivity (Wildman–Crippen MR) is 343 cm³/mol. The summed E-state index contributed by atoms with van der Waals surface area (Å²) in [4.78, 5) is 6.44. The van der Waals surface area contributed by atoms with E-state index < -0.39 is 8.07 Å². The minimum atomic E-state index is -3.09. The van der Waals surface area contributed by atoms with Gasteiger partial charge < -0.3 is 13.7 Å². The molecule has 0 bridgehead atoms. The van der Waals surface area contributed by atoms with Gasteiger partial charge in [0.2, 0.25) is 0 Å². The molecule has 17 rings (SSSR count). The molecule has 1 aliphatic rings. The summed E-state index contributed by atoms with van der Waals surface area (Å²) in [5.41, 5.74) is 16.2. The van der Waals surface area contributed by atoms with E-state index >= 15 is 0 Å². The number of hydrogen-bond acceptors (Lipinski definition) is 2. The van der Waals surface area contributed by atoms with Crippen molar-refractivity contribution in [1.82, 2.24) is 23.3 Å². The van der Waals surface area contributed by atoms with Crippen molar-refractivity contribution < 1.29 is 0 Å². The zero-order valence-electron chi connectivity index (χ0n) is 44.0. The molecule has 16 aromatic rings. The van der Waals surface area contributed by atoms with Crippen LogP contribution in [0.3, 0.4) is 0 Å². The van der Waals surface area contributed by atoms with Crippen molar-refractivity contribution in [1.29, 1.82) is 0 Å². The zero-order chi connectivity index (χ0) is 53.2. The minimum absolute atomic E-state index is 0.847. The van der Waals surface area contributed by atoms with E-state index in [0.29, 0.717) is 0 Å². The molecule has 0 saturated heterocycles. The van der Waals surface area contributed by atoms with Gasteiger partial charge in [-0.25, -0.2) is 4.98 Å². The highest BCUT2D eigenvalue weighted by molar-refractivity contribution is 7.98. The summed E-state index contributed by atoms with van der Waals surface area (Å²) in [6.07, 6.45) is 0. The Morgan fingerprint density at radius 2 is 0.741 bits per heavy atom. The average Bonchev–Trinajstić information content (AvgIpc) is 4.51. The summed E-state index contributed by atoms with van der Waals surface area (Å²) in [7, 11) is -3.09. The Morgan fingerprint density at radius 3 is 1.31 bits per heavy atom. The van der Waals surface area contributed by atoms with Gasteiger partial charge in [-0.05, 0) is 129 Å². The van der Waals surface area contributed by atoms with Gasteiger partial charge >= 0.3 is 0 Å². The second kappa shape index (κ2) is 18.1. The van der Waals surface area contributed by atoms with Crippen LogP contribution in [0.25, 0.3) is 110 Å². The van der Waals surface area contributed by atoms with Crippen LogP contribution in [0, 0.1) is 0 Å². The Kier molecular flexibility index (Phi) is 10.3. The number of fused-ring (bicyclic) bond motifs is 14. The monoisotopic (exact) mass is 1070 g/mol. The third kappa shape index (κ3) is 6.89. The molecule has 0 unspecified atom stereocenters. The van der Waals surface area contributed by atoms with Crippen LogP contribution < -0.4 is 20.7 Å². The maximum absolute atomic E-state index is 5.15. The molecule has 0 aliphatic carbocycles. The number of nitrogens with zero attached hydrogens (tertiary/aromatic N) is 5. The van der Waals surface area contributed by atoms with E-state index in [1.54, 1.807) is 0 Å². The van der Waals surface area contributed by atoms with Crippen molar-refractivity contribution in [3.8, 4) is 33.9 Å². The average molecular weight is 1070 g/mol. The molecule has 7 heteroatoms. The van der Waals surface area contributed by atoms with E-state index in [2.05, 4.69) is 303 Å². The number of benzene rings is 12. The standard InChI is InChI=1S/C74H49N5SSi/c1-3-21-54(22-4-1)81(55-23-5-2-6-24-55,56-25-17-19-49(43-56)50-37-40-64-72(44-50)79-71-35-15-16-36-73(71)80-48-74(79)75-64)57-26-18-20-51(45-57)76-69-41-38-52(77-65-31-11-7-27-58(65)59-28-8-12-32-66(59)77)46-62(69)63-47-53(39-42-70(63)76)78-67-33-13-9-29-60(67)61-30-10-14-34-68(61)78/h1-47H,48H2. The fourth-order valence-corrected chi connectivity index (χ4v) is 19.5. The van der Waals surface area contributed by atoms with Crippen LogP contribution in [0.15, 0.2) is 290 Å².